The molecule has 1 spiro atoms. The Balaban J connectivity index is 2.09. The Bertz CT molecular complexity index is 323. The average Bonchev–Trinajstić information content (AvgIpc) is 2.69. The SMILES string of the molecule is CC(C)OC(O)C1OC2(CCCCC2)OC1C(=O)O. The molecule has 2 fully saturated rings. The van der Waals surface area contributed by atoms with Crippen molar-refractivity contribution in [3.63, 3.8) is 0 Å². The fraction of sp³-hybridized carbons (Fsp3) is 0.923. The largest absolute Gasteiger partial charge is 0.479 e. The average molecular weight is 274 g/mol. The van der Waals surface area contributed by atoms with Gasteiger partial charge in [-0.25, -0.2) is 4.79 Å². The molecule has 0 aromatic carbocycles. The number of aliphatic carboxylic acids is 1. The number of ether oxygens (including phenoxy) is 3. The van der Waals surface area contributed by atoms with Gasteiger partial charge < -0.3 is 24.4 Å². The van der Waals surface area contributed by atoms with E-state index in [1.165, 1.54) is 0 Å². The molecule has 2 N–H and O–H groups in total. The molecule has 1 saturated carbocycles. The Hall–Kier alpha value is -0.690. The van der Waals surface area contributed by atoms with Crippen LogP contribution in [0.1, 0.15) is 46.0 Å². The monoisotopic (exact) mass is 274 g/mol. The molecular weight excluding hydrogens is 252 g/mol. The lowest BCUT2D eigenvalue weighted by atomic mass is 9.94. The second-order valence-electron chi connectivity index (χ2n) is 5.51. The van der Waals surface area contributed by atoms with Gasteiger partial charge in [0, 0.05) is 12.8 Å². The number of carboxylic acid groups (broad SMARTS) is 1. The zero-order chi connectivity index (χ0) is 14.0. The van der Waals surface area contributed by atoms with E-state index in [4.69, 9.17) is 14.2 Å². The molecule has 0 radical (unpaired) electrons. The van der Waals surface area contributed by atoms with E-state index in [2.05, 4.69) is 0 Å². The van der Waals surface area contributed by atoms with Gasteiger partial charge in [-0.15, -0.1) is 0 Å². The fourth-order valence-electron chi connectivity index (χ4n) is 2.72. The summed E-state index contributed by atoms with van der Waals surface area (Å²) in [5, 5.41) is 19.2. The first kappa shape index (κ1) is 14.7. The maximum atomic E-state index is 11.3. The Morgan fingerprint density at radius 2 is 1.89 bits per heavy atom. The predicted molar refractivity (Wildman–Crippen MR) is 65.4 cm³/mol. The summed E-state index contributed by atoms with van der Waals surface area (Å²) in [7, 11) is 0. The molecule has 3 unspecified atom stereocenters. The maximum absolute atomic E-state index is 11.3. The van der Waals surface area contributed by atoms with Crippen LogP contribution in [0.15, 0.2) is 0 Å². The third kappa shape index (κ3) is 3.25. The second-order valence-corrected chi connectivity index (χ2v) is 5.51. The lowest BCUT2D eigenvalue weighted by molar-refractivity contribution is -0.231. The molecule has 0 bridgehead atoms. The Kier molecular flexibility index (Phi) is 4.45. The third-order valence-corrected chi connectivity index (χ3v) is 3.54. The highest BCUT2D eigenvalue weighted by Crippen LogP contribution is 2.41. The van der Waals surface area contributed by atoms with Gasteiger partial charge in [-0.05, 0) is 26.7 Å². The first-order chi connectivity index (χ1) is 8.93. The van der Waals surface area contributed by atoms with Crippen LogP contribution in [-0.2, 0) is 19.0 Å². The predicted octanol–water partition coefficient (Wildman–Crippen LogP) is 1.26. The van der Waals surface area contributed by atoms with Crippen molar-refractivity contribution >= 4 is 5.97 Å². The Labute approximate surface area is 112 Å². The second kappa shape index (κ2) is 5.75. The molecular formula is C13H22O6. The normalized spacial score (nSPS) is 31.8. The van der Waals surface area contributed by atoms with Crippen molar-refractivity contribution in [3.05, 3.63) is 0 Å². The highest BCUT2D eigenvalue weighted by molar-refractivity contribution is 5.73. The molecule has 0 aromatic heterocycles. The number of carboxylic acids is 1. The van der Waals surface area contributed by atoms with Crippen LogP contribution in [0.4, 0.5) is 0 Å². The van der Waals surface area contributed by atoms with Crippen molar-refractivity contribution in [2.24, 2.45) is 0 Å². The minimum Gasteiger partial charge on any atom is -0.479 e. The van der Waals surface area contributed by atoms with Crippen LogP contribution in [0, 0.1) is 0 Å². The number of rotatable bonds is 4. The van der Waals surface area contributed by atoms with E-state index >= 15 is 0 Å². The topological polar surface area (TPSA) is 85.2 Å². The van der Waals surface area contributed by atoms with Crippen molar-refractivity contribution in [1.29, 1.82) is 0 Å². The van der Waals surface area contributed by atoms with Gasteiger partial charge >= 0.3 is 5.97 Å². The molecule has 6 nitrogen and oxygen atoms in total. The van der Waals surface area contributed by atoms with Gasteiger partial charge in [0.05, 0.1) is 6.10 Å². The summed E-state index contributed by atoms with van der Waals surface area (Å²) >= 11 is 0. The van der Waals surface area contributed by atoms with Crippen LogP contribution in [0.25, 0.3) is 0 Å². The van der Waals surface area contributed by atoms with E-state index in [0.29, 0.717) is 12.8 Å². The summed E-state index contributed by atoms with van der Waals surface area (Å²) < 4.78 is 16.6. The number of aliphatic hydroxyl groups is 1. The number of hydrogen-bond donors (Lipinski definition) is 2. The molecule has 1 aliphatic heterocycles. The zero-order valence-electron chi connectivity index (χ0n) is 11.4. The Morgan fingerprint density at radius 1 is 1.26 bits per heavy atom. The van der Waals surface area contributed by atoms with E-state index in [9.17, 15) is 15.0 Å². The summed E-state index contributed by atoms with van der Waals surface area (Å²) in [6.07, 6.45) is 0.675. The number of hydrogen-bond acceptors (Lipinski definition) is 5. The van der Waals surface area contributed by atoms with E-state index in [1.54, 1.807) is 13.8 Å². The van der Waals surface area contributed by atoms with Crippen molar-refractivity contribution in [2.75, 3.05) is 0 Å². The van der Waals surface area contributed by atoms with Crippen molar-refractivity contribution in [3.8, 4) is 0 Å². The molecule has 1 aliphatic carbocycles. The quantitative estimate of drug-likeness (QED) is 0.751. The summed E-state index contributed by atoms with van der Waals surface area (Å²) in [5.41, 5.74) is 0. The first-order valence-electron chi connectivity index (χ1n) is 6.85. The lowest BCUT2D eigenvalue weighted by Crippen LogP contribution is -2.42. The van der Waals surface area contributed by atoms with Gasteiger partial charge in [0.15, 0.2) is 18.2 Å². The van der Waals surface area contributed by atoms with Crippen molar-refractivity contribution in [1.82, 2.24) is 0 Å². The van der Waals surface area contributed by atoms with E-state index in [1.807, 2.05) is 0 Å². The highest BCUT2D eigenvalue weighted by Gasteiger charge is 2.53. The smallest absolute Gasteiger partial charge is 0.335 e. The van der Waals surface area contributed by atoms with E-state index in [0.717, 1.165) is 19.3 Å². The minimum absolute atomic E-state index is 0.212. The summed E-state index contributed by atoms with van der Waals surface area (Å²) in [4.78, 5) is 11.3. The summed E-state index contributed by atoms with van der Waals surface area (Å²) in [5.74, 6) is -1.98. The standard InChI is InChI=1S/C13H22O6/c1-8(2)17-12(16)10-9(11(14)15)18-13(19-10)6-4-3-5-7-13/h8-10,12,16H,3-7H2,1-2H3,(H,14,15). The molecule has 6 heteroatoms. The van der Waals surface area contributed by atoms with Crippen LogP contribution in [-0.4, -0.2) is 46.6 Å². The molecule has 2 aliphatic rings. The maximum Gasteiger partial charge on any atom is 0.335 e. The van der Waals surface area contributed by atoms with Gasteiger partial charge in [0.25, 0.3) is 0 Å². The molecule has 1 heterocycles. The minimum atomic E-state index is -1.29. The first-order valence-corrected chi connectivity index (χ1v) is 6.85. The van der Waals surface area contributed by atoms with Gasteiger partial charge in [0.1, 0.15) is 6.10 Å². The van der Waals surface area contributed by atoms with Crippen molar-refractivity contribution < 1.29 is 29.2 Å². The highest BCUT2D eigenvalue weighted by atomic mass is 16.8. The number of aliphatic hydroxyl groups excluding tert-OH is 1. The molecule has 0 amide bonds. The van der Waals surface area contributed by atoms with Gasteiger partial charge in [-0.1, -0.05) is 6.42 Å². The van der Waals surface area contributed by atoms with E-state index in [-0.39, 0.29) is 6.10 Å². The zero-order valence-corrected chi connectivity index (χ0v) is 11.4. The lowest BCUT2D eigenvalue weighted by Gasteiger charge is -2.32. The van der Waals surface area contributed by atoms with Gasteiger partial charge in [0.2, 0.25) is 0 Å². The third-order valence-electron chi connectivity index (χ3n) is 3.54. The molecule has 110 valence electrons. The van der Waals surface area contributed by atoms with Crippen LogP contribution < -0.4 is 0 Å². The van der Waals surface area contributed by atoms with Crippen LogP contribution in [0.2, 0.25) is 0 Å². The summed E-state index contributed by atoms with van der Waals surface area (Å²) in [6, 6.07) is 0. The van der Waals surface area contributed by atoms with E-state index < -0.39 is 30.3 Å². The molecule has 2 rings (SSSR count). The van der Waals surface area contributed by atoms with Crippen LogP contribution in [0.5, 0.6) is 0 Å². The fourth-order valence-corrected chi connectivity index (χ4v) is 2.72. The van der Waals surface area contributed by atoms with Crippen LogP contribution in [0.3, 0.4) is 0 Å². The molecule has 1 saturated heterocycles. The van der Waals surface area contributed by atoms with Gasteiger partial charge in [-0.2, -0.15) is 0 Å². The molecule has 3 atom stereocenters. The van der Waals surface area contributed by atoms with Crippen molar-refractivity contribution in [2.45, 2.75) is 76.3 Å². The van der Waals surface area contributed by atoms with Gasteiger partial charge in [-0.3, -0.25) is 0 Å². The summed E-state index contributed by atoms with van der Waals surface area (Å²) in [6.45, 7) is 3.54. The molecule has 0 aromatic rings. The molecule has 19 heavy (non-hydrogen) atoms. The van der Waals surface area contributed by atoms with Crippen LogP contribution >= 0.6 is 0 Å². The number of carbonyl (C=O) groups is 1. The Morgan fingerprint density at radius 3 is 2.42 bits per heavy atom.